The standard InChI is InChI=1S/C12H13BrO3/c13-10-5-7-3-1-2-4-8(7)9(12(10)16)6-11(14)15/h5,16H,1-4,6H2,(H,14,15). The van der Waals surface area contributed by atoms with Crippen LogP contribution in [0.2, 0.25) is 0 Å². The minimum absolute atomic E-state index is 0.0862. The van der Waals surface area contributed by atoms with Crippen LogP contribution < -0.4 is 0 Å². The average molecular weight is 285 g/mol. The molecule has 0 aliphatic heterocycles. The second-order valence-electron chi connectivity index (χ2n) is 4.10. The van der Waals surface area contributed by atoms with Crippen molar-refractivity contribution in [2.75, 3.05) is 0 Å². The third-order valence-corrected chi connectivity index (χ3v) is 3.62. The van der Waals surface area contributed by atoms with Gasteiger partial charge in [0.2, 0.25) is 0 Å². The van der Waals surface area contributed by atoms with E-state index in [0.717, 1.165) is 31.2 Å². The molecule has 1 aromatic rings. The van der Waals surface area contributed by atoms with Crippen LogP contribution in [-0.4, -0.2) is 16.2 Å². The molecule has 0 bridgehead atoms. The monoisotopic (exact) mass is 284 g/mol. The number of halogens is 1. The van der Waals surface area contributed by atoms with Crippen molar-refractivity contribution in [2.24, 2.45) is 0 Å². The number of carbonyl (C=O) groups is 1. The first kappa shape index (κ1) is 11.5. The van der Waals surface area contributed by atoms with Gasteiger partial charge in [-0.15, -0.1) is 0 Å². The topological polar surface area (TPSA) is 57.5 Å². The zero-order chi connectivity index (χ0) is 11.7. The van der Waals surface area contributed by atoms with Gasteiger partial charge in [0.15, 0.2) is 0 Å². The maximum atomic E-state index is 10.8. The van der Waals surface area contributed by atoms with Crippen LogP contribution in [0.25, 0.3) is 0 Å². The number of hydrogen-bond acceptors (Lipinski definition) is 2. The number of fused-ring (bicyclic) bond motifs is 1. The van der Waals surface area contributed by atoms with Crippen LogP contribution in [0, 0.1) is 0 Å². The molecule has 0 spiro atoms. The molecule has 2 rings (SSSR count). The molecule has 0 heterocycles. The van der Waals surface area contributed by atoms with Gasteiger partial charge in [-0.2, -0.15) is 0 Å². The van der Waals surface area contributed by atoms with Crippen molar-refractivity contribution >= 4 is 21.9 Å². The molecule has 86 valence electrons. The van der Waals surface area contributed by atoms with Crippen molar-refractivity contribution in [3.05, 3.63) is 27.2 Å². The zero-order valence-electron chi connectivity index (χ0n) is 8.79. The third kappa shape index (κ3) is 2.07. The van der Waals surface area contributed by atoms with Gasteiger partial charge in [-0.25, -0.2) is 0 Å². The summed E-state index contributed by atoms with van der Waals surface area (Å²) in [5, 5.41) is 18.7. The Balaban J connectivity index is 2.54. The van der Waals surface area contributed by atoms with Crippen LogP contribution in [-0.2, 0) is 24.1 Å². The zero-order valence-corrected chi connectivity index (χ0v) is 10.4. The molecule has 0 aromatic heterocycles. The van der Waals surface area contributed by atoms with E-state index in [1.54, 1.807) is 0 Å². The minimum atomic E-state index is -0.902. The first-order valence-corrected chi connectivity index (χ1v) is 6.12. The molecule has 0 fully saturated rings. The normalized spacial score (nSPS) is 14.6. The lowest BCUT2D eigenvalue weighted by Crippen LogP contribution is -2.10. The number of aliphatic carboxylic acids is 1. The highest BCUT2D eigenvalue weighted by atomic mass is 79.9. The Morgan fingerprint density at radius 3 is 2.75 bits per heavy atom. The summed E-state index contributed by atoms with van der Waals surface area (Å²) >= 11 is 3.27. The highest BCUT2D eigenvalue weighted by Gasteiger charge is 2.20. The molecule has 4 heteroatoms. The first-order chi connectivity index (χ1) is 7.59. The summed E-state index contributed by atoms with van der Waals surface area (Å²) in [6.07, 6.45) is 3.95. The van der Waals surface area contributed by atoms with Gasteiger partial charge in [0.1, 0.15) is 5.75 Å². The van der Waals surface area contributed by atoms with Gasteiger partial charge in [-0.05, 0) is 58.8 Å². The van der Waals surface area contributed by atoms with Crippen molar-refractivity contribution in [3.63, 3.8) is 0 Å². The molecule has 1 aromatic carbocycles. The largest absolute Gasteiger partial charge is 0.506 e. The molecule has 1 aliphatic carbocycles. The Morgan fingerprint density at radius 2 is 2.06 bits per heavy atom. The number of carboxylic acid groups (broad SMARTS) is 1. The van der Waals surface area contributed by atoms with Crippen molar-refractivity contribution in [1.29, 1.82) is 0 Å². The van der Waals surface area contributed by atoms with Gasteiger partial charge in [0, 0.05) is 5.56 Å². The van der Waals surface area contributed by atoms with Gasteiger partial charge in [0.05, 0.1) is 10.9 Å². The van der Waals surface area contributed by atoms with E-state index in [9.17, 15) is 9.90 Å². The predicted molar refractivity (Wildman–Crippen MR) is 63.8 cm³/mol. The van der Waals surface area contributed by atoms with Crippen molar-refractivity contribution in [2.45, 2.75) is 32.1 Å². The summed E-state index contributed by atoms with van der Waals surface area (Å²) < 4.78 is 0.601. The lowest BCUT2D eigenvalue weighted by Gasteiger charge is -2.20. The van der Waals surface area contributed by atoms with Crippen molar-refractivity contribution < 1.29 is 15.0 Å². The van der Waals surface area contributed by atoms with Crippen molar-refractivity contribution in [3.8, 4) is 5.75 Å². The number of carboxylic acids is 1. The van der Waals surface area contributed by atoms with E-state index >= 15 is 0 Å². The molecule has 16 heavy (non-hydrogen) atoms. The van der Waals surface area contributed by atoms with E-state index in [0.29, 0.717) is 10.0 Å². The number of aromatic hydroxyl groups is 1. The summed E-state index contributed by atoms with van der Waals surface area (Å²) in [6, 6.07) is 1.91. The molecule has 0 atom stereocenters. The van der Waals surface area contributed by atoms with Gasteiger partial charge in [-0.1, -0.05) is 0 Å². The summed E-state index contributed by atoms with van der Waals surface area (Å²) in [4.78, 5) is 10.8. The Bertz CT molecular complexity index is 440. The highest BCUT2D eigenvalue weighted by molar-refractivity contribution is 9.10. The number of hydrogen-bond donors (Lipinski definition) is 2. The lowest BCUT2D eigenvalue weighted by atomic mass is 9.87. The first-order valence-electron chi connectivity index (χ1n) is 5.33. The summed E-state index contributed by atoms with van der Waals surface area (Å²) in [7, 11) is 0. The molecule has 0 unspecified atom stereocenters. The fourth-order valence-corrected chi connectivity index (χ4v) is 2.80. The molecular weight excluding hydrogens is 272 g/mol. The number of phenolic OH excluding ortho intramolecular Hbond substituents is 1. The van der Waals surface area contributed by atoms with E-state index < -0.39 is 5.97 Å². The highest BCUT2D eigenvalue weighted by Crippen LogP contribution is 2.36. The molecular formula is C12H13BrO3. The van der Waals surface area contributed by atoms with E-state index in [-0.39, 0.29) is 12.2 Å². The van der Waals surface area contributed by atoms with E-state index in [1.165, 1.54) is 5.56 Å². The molecule has 0 radical (unpaired) electrons. The Kier molecular flexibility index (Phi) is 3.19. The average Bonchev–Trinajstić information content (AvgIpc) is 2.24. The van der Waals surface area contributed by atoms with Crippen molar-refractivity contribution in [1.82, 2.24) is 0 Å². The summed E-state index contributed by atoms with van der Waals surface area (Å²) in [5.74, 6) is -0.816. The Labute approximate surface area is 102 Å². The SMILES string of the molecule is O=C(O)Cc1c(O)c(Br)cc2c1CCCC2. The van der Waals surface area contributed by atoms with Crippen LogP contribution in [0.4, 0.5) is 0 Å². The summed E-state index contributed by atoms with van der Waals surface area (Å²) in [6.45, 7) is 0. The predicted octanol–water partition coefficient (Wildman–Crippen LogP) is 2.66. The third-order valence-electron chi connectivity index (χ3n) is 3.02. The Morgan fingerprint density at radius 1 is 1.38 bits per heavy atom. The maximum absolute atomic E-state index is 10.8. The quantitative estimate of drug-likeness (QED) is 0.878. The second kappa shape index (κ2) is 4.45. The van der Waals surface area contributed by atoms with E-state index in [1.807, 2.05) is 6.07 Å². The molecule has 1 aliphatic rings. The fourth-order valence-electron chi connectivity index (χ4n) is 2.28. The molecule has 3 nitrogen and oxygen atoms in total. The maximum Gasteiger partial charge on any atom is 0.307 e. The number of benzene rings is 1. The number of phenols is 1. The van der Waals surface area contributed by atoms with E-state index in [2.05, 4.69) is 15.9 Å². The molecule has 2 N–H and O–H groups in total. The fraction of sp³-hybridized carbons (Fsp3) is 0.417. The lowest BCUT2D eigenvalue weighted by molar-refractivity contribution is -0.136. The molecule has 0 amide bonds. The van der Waals surface area contributed by atoms with Gasteiger partial charge in [0.25, 0.3) is 0 Å². The van der Waals surface area contributed by atoms with Crippen LogP contribution in [0.1, 0.15) is 29.5 Å². The van der Waals surface area contributed by atoms with E-state index in [4.69, 9.17) is 5.11 Å². The van der Waals surface area contributed by atoms with Crippen LogP contribution >= 0.6 is 15.9 Å². The minimum Gasteiger partial charge on any atom is -0.506 e. The van der Waals surface area contributed by atoms with Gasteiger partial charge in [-0.3, -0.25) is 4.79 Å². The van der Waals surface area contributed by atoms with Gasteiger partial charge < -0.3 is 10.2 Å². The Hall–Kier alpha value is -1.03. The van der Waals surface area contributed by atoms with Crippen LogP contribution in [0.15, 0.2) is 10.5 Å². The molecule has 0 saturated heterocycles. The summed E-state index contributed by atoms with van der Waals surface area (Å²) in [5.41, 5.74) is 2.79. The molecule has 0 saturated carbocycles. The van der Waals surface area contributed by atoms with Crippen LogP contribution in [0.5, 0.6) is 5.75 Å². The number of aryl methyl sites for hydroxylation is 1. The second-order valence-corrected chi connectivity index (χ2v) is 4.96. The van der Waals surface area contributed by atoms with Crippen LogP contribution in [0.3, 0.4) is 0 Å². The smallest absolute Gasteiger partial charge is 0.307 e. The number of rotatable bonds is 2. The van der Waals surface area contributed by atoms with Gasteiger partial charge >= 0.3 is 5.97 Å².